The van der Waals surface area contributed by atoms with Crippen molar-refractivity contribution in [3.05, 3.63) is 21.8 Å². The fourth-order valence-electron chi connectivity index (χ4n) is 2.54. The molecule has 3 rings (SSSR count). The van der Waals surface area contributed by atoms with Crippen LogP contribution in [-0.4, -0.2) is 37.1 Å². The van der Waals surface area contributed by atoms with Crippen LogP contribution in [0.25, 0.3) is 0 Å². The van der Waals surface area contributed by atoms with Crippen molar-refractivity contribution < 1.29 is 9.47 Å². The first-order chi connectivity index (χ1) is 8.69. The highest BCUT2D eigenvalue weighted by atomic mass is 79.9. The first-order valence-corrected chi connectivity index (χ1v) is 7.20. The second-order valence-electron chi connectivity index (χ2n) is 4.59. The van der Waals surface area contributed by atoms with E-state index in [1.54, 1.807) is 6.20 Å². The molecule has 0 saturated carbocycles. The third-order valence-corrected chi connectivity index (χ3v) is 4.03. The van der Waals surface area contributed by atoms with Gasteiger partial charge >= 0.3 is 0 Å². The molecule has 2 aliphatic rings. The van der Waals surface area contributed by atoms with Crippen LogP contribution >= 0.6 is 27.5 Å². The minimum absolute atomic E-state index is 0.448. The van der Waals surface area contributed by atoms with Gasteiger partial charge in [0.25, 0.3) is 0 Å². The minimum Gasteiger partial charge on any atom is -0.350 e. The van der Waals surface area contributed by atoms with E-state index in [0.717, 1.165) is 29.7 Å². The van der Waals surface area contributed by atoms with Gasteiger partial charge in [0.1, 0.15) is 5.82 Å². The van der Waals surface area contributed by atoms with Gasteiger partial charge in [-0.15, -0.1) is 0 Å². The molecule has 6 heteroatoms. The average Bonchev–Trinajstić information content (AvgIpc) is 2.77. The SMILES string of the molecule is Clc1cc(Br)cnc1N1CCCC2(C1)OCCO2. The molecule has 18 heavy (non-hydrogen) atoms. The highest BCUT2D eigenvalue weighted by molar-refractivity contribution is 9.10. The fourth-order valence-corrected chi connectivity index (χ4v) is 3.29. The van der Waals surface area contributed by atoms with Crippen molar-refractivity contribution in [2.24, 2.45) is 0 Å². The highest BCUT2D eigenvalue weighted by Crippen LogP contribution is 2.34. The van der Waals surface area contributed by atoms with Gasteiger partial charge in [0.2, 0.25) is 0 Å². The second-order valence-corrected chi connectivity index (χ2v) is 5.91. The van der Waals surface area contributed by atoms with Crippen LogP contribution in [0.3, 0.4) is 0 Å². The van der Waals surface area contributed by atoms with Crippen LogP contribution in [-0.2, 0) is 9.47 Å². The smallest absolute Gasteiger partial charge is 0.186 e. The van der Waals surface area contributed by atoms with E-state index in [-0.39, 0.29) is 0 Å². The summed E-state index contributed by atoms with van der Waals surface area (Å²) in [6.45, 7) is 2.98. The Hall–Kier alpha value is -0.360. The number of hydrogen-bond acceptors (Lipinski definition) is 4. The Bertz CT molecular complexity index is 452. The lowest BCUT2D eigenvalue weighted by Crippen LogP contribution is -2.49. The van der Waals surface area contributed by atoms with E-state index in [2.05, 4.69) is 25.8 Å². The molecule has 1 aromatic heterocycles. The lowest BCUT2D eigenvalue weighted by Gasteiger charge is -2.39. The number of nitrogens with zero attached hydrogens (tertiary/aromatic N) is 2. The zero-order valence-electron chi connectivity index (χ0n) is 9.86. The Morgan fingerprint density at radius 1 is 1.39 bits per heavy atom. The molecule has 0 N–H and O–H groups in total. The number of halogens is 2. The summed E-state index contributed by atoms with van der Waals surface area (Å²) in [6, 6.07) is 1.86. The molecular weight excluding hydrogens is 320 g/mol. The quantitative estimate of drug-likeness (QED) is 0.791. The van der Waals surface area contributed by atoms with Crippen molar-refractivity contribution in [2.45, 2.75) is 18.6 Å². The molecule has 3 heterocycles. The van der Waals surface area contributed by atoms with E-state index in [4.69, 9.17) is 21.1 Å². The van der Waals surface area contributed by atoms with Crippen LogP contribution in [0.1, 0.15) is 12.8 Å². The lowest BCUT2D eigenvalue weighted by molar-refractivity contribution is -0.161. The van der Waals surface area contributed by atoms with Crippen molar-refractivity contribution in [3.8, 4) is 0 Å². The minimum atomic E-state index is -0.448. The van der Waals surface area contributed by atoms with E-state index in [1.165, 1.54) is 0 Å². The van der Waals surface area contributed by atoms with Gasteiger partial charge in [-0.3, -0.25) is 0 Å². The average molecular weight is 334 g/mol. The summed E-state index contributed by atoms with van der Waals surface area (Å²) in [5.74, 6) is 0.356. The second kappa shape index (κ2) is 4.96. The molecule has 0 unspecified atom stereocenters. The predicted octanol–water partition coefficient (Wildman–Crippen LogP) is 2.84. The first kappa shape index (κ1) is 12.7. The summed E-state index contributed by atoms with van der Waals surface area (Å²) in [7, 11) is 0. The monoisotopic (exact) mass is 332 g/mol. The molecule has 0 atom stereocenters. The van der Waals surface area contributed by atoms with Gasteiger partial charge in [0.05, 0.1) is 24.8 Å². The Balaban J connectivity index is 1.83. The predicted molar refractivity (Wildman–Crippen MR) is 73.0 cm³/mol. The molecule has 1 spiro atoms. The summed E-state index contributed by atoms with van der Waals surface area (Å²) in [5, 5.41) is 0.652. The van der Waals surface area contributed by atoms with Crippen LogP contribution in [0.15, 0.2) is 16.7 Å². The molecule has 2 fully saturated rings. The Labute approximate surface area is 119 Å². The van der Waals surface area contributed by atoms with E-state index < -0.39 is 5.79 Å². The summed E-state index contributed by atoms with van der Waals surface area (Å²) in [5.41, 5.74) is 0. The maximum Gasteiger partial charge on any atom is 0.186 e. The van der Waals surface area contributed by atoms with Crippen molar-refractivity contribution in [1.29, 1.82) is 0 Å². The normalized spacial score (nSPS) is 22.7. The highest BCUT2D eigenvalue weighted by Gasteiger charge is 2.41. The molecule has 2 aliphatic heterocycles. The number of aromatic nitrogens is 1. The largest absolute Gasteiger partial charge is 0.350 e. The van der Waals surface area contributed by atoms with Crippen molar-refractivity contribution in [2.75, 3.05) is 31.2 Å². The van der Waals surface area contributed by atoms with Gasteiger partial charge in [-0.25, -0.2) is 4.98 Å². The fraction of sp³-hybridized carbons (Fsp3) is 0.583. The van der Waals surface area contributed by atoms with Gasteiger partial charge in [-0.2, -0.15) is 0 Å². The van der Waals surface area contributed by atoms with Crippen LogP contribution in [0.4, 0.5) is 5.82 Å². The van der Waals surface area contributed by atoms with Gasteiger partial charge in [-0.1, -0.05) is 11.6 Å². The van der Waals surface area contributed by atoms with Crippen LogP contribution in [0, 0.1) is 0 Å². The molecule has 0 aliphatic carbocycles. The van der Waals surface area contributed by atoms with E-state index in [9.17, 15) is 0 Å². The molecule has 0 amide bonds. The van der Waals surface area contributed by atoms with Crippen LogP contribution in [0.5, 0.6) is 0 Å². The molecular formula is C12H14BrClN2O2. The Morgan fingerprint density at radius 2 is 2.17 bits per heavy atom. The maximum atomic E-state index is 6.24. The summed E-state index contributed by atoms with van der Waals surface area (Å²) in [6.07, 6.45) is 3.73. The van der Waals surface area contributed by atoms with Crippen LogP contribution in [0.2, 0.25) is 5.02 Å². The van der Waals surface area contributed by atoms with Gasteiger partial charge in [0, 0.05) is 23.6 Å². The molecule has 4 nitrogen and oxygen atoms in total. The van der Waals surface area contributed by atoms with E-state index >= 15 is 0 Å². The zero-order valence-corrected chi connectivity index (χ0v) is 12.2. The number of anilines is 1. The third-order valence-electron chi connectivity index (χ3n) is 3.32. The number of piperidine rings is 1. The lowest BCUT2D eigenvalue weighted by atomic mass is 10.0. The molecule has 1 aromatic rings. The molecule has 0 bridgehead atoms. The Morgan fingerprint density at radius 3 is 2.89 bits per heavy atom. The number of hydrogen-bond donors (Lipinski definition) is 0. The molecule has 0 aromatic carbocycles. The summed E-state index contributed by atoms with van der Waals surface area (Å²) >= 11 is 9.61. The standard InChI is InChI=1S/C12H14BrClN2O2/c13-9-6-10(14)11(15-7-9)16-3-1-2-12(8-16)17-4-5-18-12/h6-7H,1-5,8H2. The first-order valence-electron chi connectivity index (χ1n) is 6.02. The molecule has 2 saturated heterocycles. The number of ether oxygens (including phenoxy) is 2. The topological polar surface area (TPSA) is 34.6 Å². The Kier molecular flexibility index (Phi) is 3.49. The summed E-state index contributed by atoms with van der Waals surface area (Å²) < 4.78 is 12.4. The van der Waals surface area contributed by atoms with Crippen molar-refractivity contribution in [1.82, 2.24) is 4.98 Å². The maximum absolute atomic E-state index is 6.24. The zero-order chi connectivity index (χ0) is 12.6. The molecule has 0 radical (unpaired) electrons. The van der Waals surface area contributed by atoms with E-state index in [1.807, 2.05) is 6.07 Å². The van der Waals surface area contributed by atoms with Crippen LogP contribution < -0.4 is 4.90 Å². The van der Waals surface area contributed by atoms with Gasteiger partial charge < -0.3 is 14.4 Å². The third kappa shape index (κ3) is 2.37. The molecule has 98 valence electrons. The number of rotatable bonds is 1. The summed E-state index contributed by atoms with van der Waals surface area (Å²) in [4.78, 5) is 6.53. The van der Waals surface area contributed by atoms with Crippen molar-refractivity contribution in [3.63, 3.8) is 0 Å². The van der Waals surface area contributed by atoms with Gasteiger partial charge in [0.15, 0.2) is 5.79 Å². The number of pyridine rings is 1. The van der Waals surface area contributed by atoms with Crippen molar-refractivity contribution >= 4 is 33.3 Å². The van der Waals surface area contributed by atoms with E-state index in [0.29, 0.717) is 24.8 Å². The van der Waals surface area contributed by atoms with Gasteiger partial charge in [-0.05, 0) is 28.4 Å².